The number of carbonyl (C=O) groups is 2. The van der Waals surface area contributed by atoms with Gasteiger partial charge in [0, 0.05) is 9.13 Å². The number of carboxylic acids is 1. The van der Waals surface area contributed by atoms with Crippen molar-refractivity contribution >= 4 is 46.1 Å². The van der Waals surface area contributed by atoms with Crippen LogP contribution in [-0.4, -0.2) is 23.0 Å². The van der Waals surface area contributed by atoms with Gasteiger partial charge in [-0.2, -0.15) is 0 Å². The van der Waals surface area contributed by atoms with Crippen LogP contribution in [0.3, 0.4) is 0 Å². The molecule has 1 aromatic carbocycles. The predicted molar refractivity (Wildman–Crippen MR) is 77.9 cm³/mol. The van der Waals surface area contributed by atoms with E-state index in [0.29, 0.717) is 10.6 Å². The Morgan fingerprint density at radius 1 is 1.39 bits per heavy atom. The Morgan fingerprint density at radius 3 is 2.44 bits per heavy atom. The van der Waals surface area contributed by atoms with Crippen LogP contribution in [0.25, 0.3) is 0 Å². The van der Waals surface area contributed by atoms with E-state index in [1.54, 1.807) is 32.0 Å². The van der Waals surface area contributed by atoms with Gasteiger partial charge in [-0.15, -0.1) is 0 Å². The van der Waals surface area contributed by atoms with Crippen LogP contribution in [0.2, 0.25) is 5.02 Å². The zero-order valence-corrected chi connectivity index (χ0v) is 12.8. The Morgan fingerprint density at radius 2 is 2.00 bits per heavy atom. The lowest BCUT2D eigenvalue weighted by molar-refractivity contribution is -0.140. The normalized spacial score (nSPS) is 12.3. The second-order valence-electron chi connectivity index (χ2n) is 4.16. The molecule has 0 spiro atoms. The van der Waals surface area contributed by atoms with Crippen molar-refractivity contribution in [2.45, 2.75) is 19.9 Å². The molecule has 2 N–H and O–H groups in total. The van der Waals surface area contributed by atoms with E-state index < -0.39 is 17.9 Å². The largest absolute Gasteiger partial charge is 0.480 e. The second-order valence-corrected chi connectivity index (χ2v) is 5.73. The third-order valence-corrected chi connectivity index (χ3v) is 3.94. The summed E-state index contributed by atoms with van der Waals surface area (Å²) in [6, 6.07) is 3.91. The number of hydrogen-bond acceptors (Lipinski definition) is 2. The zero-order valence-electron chi connectivity index (χ0n) is 9.91. The van der Waals surface area contributed by atoms with E-state index in [0.717, 1.165) is 3.57 Å². The molecule has 1 amide bonds. The lowest BCUT2D eigenvalue weighted by Gasteiger charge is -2.18. The number of nitrogens with one attached hydrogen (secondary N) is 1. The predicted octanol–water partition coefficient (Wildman–Crippen LogP) is 2.78. The van der Waals surface area contributed by atoms with Crippen molar-refractivity contribution < 1.29 is 14.7 Å². The molecule has 0 aliphatic rings. The third-order valence-electron chi connectivity index (χ3n) is 2.40. The van der Waals surface area contributed by atoms with Crippen LogP contribution < -0.4 is 5.32 Å². The molecule has 0 unspecified atom stereocenters. The fourth-order valence-electron chi connectivity index (χ4n) is 1.38. The first-order valence-corrected chi connectivity index (χ1v) is 6.77. The number of aliphatic carboxylic acids is 1. The summed E-state index contributed by atoms with van der Waals surface area (Å²) in [4.78, 5) is 22.9. The third kappa shape index (κ3) is 3.84. The van der Waals surface area contributed by atoms with E-state index in [4.69, 9.17) is 16.7 Å². The van der Waals surface area contributed by atoms with Crippen LogP contribution in [0.15, 0.2) is 18.2 Å². The molecule has 0 heterocycles. The first-order chi connectivity index (χ1) is 8.32. The van der Waals surface area contributed by atoms with E-state index in [2.05, 4.69) is 5.32 Å². The maximum atomic E-state index is 11.9. The summed E-state index contributed by atoms with van der Waals surface area (Å²) in [7, 11) is 0. The molecule has 0 saturated heterocycles. The van der Waals surface area contributed by atoms with Crippen LogP contribution in [0.4, 0.5) is 0 Å². The molecule has 0 aliphatic carbocycles. The van der Waals surface area contributed by atoms with Gasteiger partial charge in [0.25, 0.3) is 5.91 Å². The molecule has 0 aromatic heterocycles. The average molecular weight is 382 g/mol. The molecule has 98 valence electrons. The van der Waals surface area contributed by atoms with E-state index >= 15 is 0 Å². The van der Waals surface area contributed by atoms with Gasteiger partial charge < -0.3 is 10.4 Å². The minimum absolute atomic E-state index is 0.183. The minimum atomic E-state index is -1.04. The van der Waals surface area contributed by atoms with Gasteiger partial charge >= 0.3 is 5.97 Å². The van der Waals surface area contributed by atoms with Crippen LogP contribution in [0.1, 0.15) is 24.2 Å². The fourth-order valence-corrected chi connectivity index (χ4v) is 2.01. The molecule has 0 radical (unpaired) electrons. The first-order valence-electron chi connectivity index (χ1n) is 5.31. The maximum absolute atomic E-state index is 11.9. The molecule has 4 nitrogen and oxygen atoms in total. The summed E-state index contributed by atoms with van der Waals surface area (Å²) in [5.74, 6) is -1.63. The fraction of sp³-hybridized carbons (Fsp3) is 0.333. The molecular weight excluding hydrogens is 368 g/mol. The quantitative estimate of drug-likeness (QED) is 0.788. The number of benzene rings is 1. The number of carboxylic acid groups (broad SMARTS) is 1. The first kappa shape index (κ1) is 15.2. The Kier molecular flexibility index (Phi) is 5.40. The van der Waals surface area contributed by atoms with Gasteiger partial charge in [-0.05, 0) is 46.7 Å². The number of amides is 1. The molecule has 6 heteroatoms. The van der Waals surface area contributed by atoms with Crippen molar-refractivity contribution in [1.82, 2.24) is 5.32 Å². The molecule has 1 rings (SSSR count). The zero-order chi connectivity index (χ0) is 13.9. The van der Waals surface area contributed by atoms with Crippen molar-refractivity contribution in [2.24, 2.45) is 5.92 Å². The van der Waals surface area contributed by atoms with E-state index in [-0.39, 0.29) is 5.92 Å². The van der Waals surface area contributed by atoms with Gasteiger partial charge in [-0.25, -0.2) is 4.79 Å². The van der Waals surface area contributed by atoms with Crippen molar-refractivity contribution in [1.29, 1.82) is 0 Å². The Hall–Kier alpha value is -0.820. The summed E-state index contributed by atoms with van der Waals surface area (Å²) < 4.78 is 0.748. The van der Waals surface area contributed by atoms with Crippen LogP contribution >= 0.6 is 34.2 Å². The van der Waals surface area contributed by atoms with Crippen LogP contribution in [-0.2, 0) is 4.79 Å². The highest BCUT2D eigenvalue weighted by molar-refractivity contribution is 14.1. The summed E-state index contributed by atoms with van der Waals surface area (Å²) >= 11 is 7.87. The number of carbonyl (C=O) groups excluding carboxylic acids is 1. The summed E-state index contributed by atoms with van der Waals surface area (Å²) in [6.45, 7) is 3.48. The smallest absolute Gasteiger partial charge is 0.326 e. The van der Waals surface area contributed by atoms with E-state index in [9.17, 15) is 9.59 Å². The highest BCUT2D eigenvalue weighted by atomic mass is 127. The number of rotatable bonds is 4. The number of hydrogen-bond donors (Lipinski definition) is 2. The molecule has 0 aliphatic heterocycles. The Labute approximate surface area is 124 Å². The lowest BCUT2D eigenvalue weighted by Crippen LogP contribution is -2.44. The second kappa shape index (κ2) is 6.38. The topological polar surface area (TPSA) is 66.4 Å². The maximum Gasteiger partial charge on any atom is 0.326 e. The SMILES string of the molecule is CC(C)[C@H](NC(=O)c1ccc(Cl)c(I)c1)C(=O)O. The van der Waals surface area contributed by atoms with Crippen LogP contribution in [0, 0.1) is 9.49 Å². The number of halogens is 2. The van der Waals surface area contributed by atoms with Crippen LogP contribution in [0.5, 0.6) is 0 Å². The molecule has 0 saturated carbocycles. The van der Waals surface area contributed by atoms with Gasteiger partial charge in [0.1, 0.15) is 6.04 Å². The van der Waals surface area contributed by atoms with Crippen molar-refractivity contribution in [2.75, 3.05) is 0 Å². The van der Waals surface area contributed by atoms with Gasteiger partial charge in [-0.3, -0.25) is 4.79 Å². The summed E-state index contributed by atoms with van der Waals surface area (Å²) in [5, 5.41) is 12.1. The standard InChI is InChI=1S/C12H13ClINO3/c1-6(2)10(12(17)18)15-11(16)7-3-4-8(13)9(14)5-7/h3-6,10H,1-2H3,(H,15,16)(H,17,18)/t10-/m0/s1. The highest BCUT2D eigenvalue weighted by Crippen LogP contribution is 2.19. The van der Waals surface area contributed by atoms with E-state index in [1.807, 2.05) is 22.6 Å². The molecule has 0 fully saturated rings. The van der Waals surface area contributed by atoms with Crippen molar-refractivity contribution in [3.05, 3.63) is 32.4 Å². The van der Waals surface area contributed by atoms with Crippen molar-refractivity contribution in [3.63, 3.8) is 0 Å². The Balaban J connectivity index is 2.87. The molecular formula is C12H13ClINO3. The Bertz CT molecular complexity index is 476. The van der Waals surface area contributed by atoms with Gasteiger partial charge in [0.05, 0.1) is 5.02 Å². The average Bonchev–Trinajstić information content (AvgIpc) is 2.28. The monoisotopic (exact) mass is 381 g/mol. The highest BCUT2D eigenvalue weighted by Gasteiger charge is 2.24. The van der Waals surface area contributed by atoms with E-state index in [1.165, 1.54) is 0 Å². The van der Waals surface area contributed by atoms with Crippen molar-refractivity contribution in [3.8, 4) is 0 Å². The molecule has 0 bridgehead atoms. The lowest BCUT2D eigenvalue weighted by atomic mass is 10.0. The van der Waals surface area contributed by atoms with Gasteiger partial charge in [0.2, 0.25) is 0 Å². The van der Waals surface area contributed by atoms with Gasteiger partial charge in [-0.1, -0.05) is 25.4 Å². The summed E-state index contributed by atoms with van der Waals surface area (Å²) in [5.41, 5.74) is 0.399. The molecule has 1 aromatic rings. The molecule has 18 heavy (non-hydrogen) atoms. The minimum Gasteiger partial charge on any atom is -0.480 e. The molecule has 1 atom stereocenters. The van der Waals surface area contributed by atoms with Gasteiger partial charge in [0.15, 0.2) is 0 Å². The summed E-state index contributed by atoms with van der Waals surface area (Å²) in [6.07, 6.45) is 0.